The van der Waals surface area contributed by atoms with Gasteiger partial charge in [-0.2, -0.15) is 0 Å². The van der Waals surface area contributed by atoms with Gasteiger partial charge in [-0.05, 0) is 19.9 Å². The number of morpholine rings is 1. The molecular formula is C19H20FN5O4. The molecule has 1 fully saturated rings. The molecule has 9 nitrogen and oxygen atoms in total. The zero-order chi connectivity index (χ0) is 20.7. The fraction of sp³-hybridized carbons (Fsp3) is 0.368. The second-order valence-electron chi connectivity index (χ2n) is 7.12. The number of anilines is 2. The first-order chi connectivity index (χ1) is 13.9. The topological polar surface area (TPSA) is 102 Å². The van der Waals surface area contributed by atoms with Crippen molar-refractivity contribution in [1.29, 1.82) is 0 Å². The van der Waals surface area contributed by atoms with E-state index >= 15 is 4.39 Å². The maximum absolute atomic E-state index is 15.4. The van der Waals surface area contributed by atoms with Crippen molar-refractivity contribution >= 4 is 34.7 Å². The molecule has 1 N–H and O–H groups in total. The van der Waals surface area contributed by atoms with Crippen LogP contribution in [0, 0.1) is 5.82 Å². The summed E-state index contributed by atoms with van der Waals surface area (Å²) in [6.45, 7) is 6.07. The van der Waals surface area contributed by atoms with Crippen LogP contribution in [0.2, 0.25) is 0 Å². The van der Waals surface area contributed by atoms with Crippen LogP contribution >= 0.6 is 0 Å². The fourth-order valence-corrected chi connectivity index (χ4v) is 3.66. The monoisotopic (exact) mass is 401 g/mol. The third-order valence-electron chi connectivity index (χ3n) is 4.66. The van der Waals surface area contributed by atoms with Gasteiger partial charge >= 0.3 is 0 Å². The third-order valence-corrected chi connectivity index (χ3v) is 4.66. The molecular weight excluding hydrogens is 381 g/mol. The van der Waals surface area contributed by atoms with E-state index in [4.69, 9.17) is 9.26 Å². The number of fused-ring (bicyclic) bond motifs is 1. The number of benzene rings is 1. The Balaban J connectivity index is 1.80. The fourth-order valence-electron chi connectivity index (χ4n) is 3.66. The van der Waals surface area contributed by atoms with Crippen molar-refractivity contribution in [1.82, 2.24) is 14.9 Å². The van der Waals surface area contributed by atoms with E-state index < -0.39 is 5.82 Å². The smallest absolute Gasteiger partial charge is 0.222 e. The van der Waals surface area contributed by atoms with Crippen molar-refractivity contribution in [3.05, 3.63) is 29.7 Å². The van der Waals surface area contributed by atoms with Crippen LogP contribution in [0.1, 0.15) is 31.1 Å². The van der Waals surface area contributed by atoms with Crippen LogP contribution in [0.25, 0.3) is 16.8 Å². The van der Waals surface area contributed by atoms with E-state index in [-0.39, 0.29) is 40.8 Å². The molecule has 0 aliphatic carbocycles. The highest BCUT2D eigenvalue weighted by atomic mass is 19.1. The highest BCUT2D eigenvalue weighted by Gasteiger charge is 2.29. The molecule has 10 heteroatoms. The molecule has 152 valence electrons. The maximum atomic E-state index is 15.4. The molecule has 1 amide bonds. The van der Waals surface area contributed by atoms with Crippen molar-refractivity contribution in [2.24, 2.45) is 0 Å². The van der Waals surface area contributed by atoms with E-state index in [2.05, 4.69) is 15.6 Å². The number of nitrogens with zero attached hydrogens (tertiary/aromatic N) is 4. The Hall–Kier alpha value is -3.27. The van der Waals surface area contributed by atoms with Gasteiger partial charge in [-0.1, -0.05) is 5.16 Å². The zero-order valence-electron chi connectivity index (χ0n) is 16.2. The third kappa shape index (κ3) is 3.46. The average Bonchev–Trinajstić information content (AvgIpc) is 3.26. The molecule has 1 aliphatic rings. The first-order valence-electron chi connectivity index (χ1n) is 9.18. The van der Waals surface area contributed by atoms with Gasteiger partial charge in [0.2, 0.25) is 17.3 Å². The minimum atomic E-state index is -0.654. The Bertz CT molecular complexity index is 1080. The Morgan fingerprint density at radius 3 is 2.72 bits per heavy atom. The number of carbonyl (C=O) groups is 2. The molecule has 1 saturated heterocycles. The molecule has 3 heterocycles. The lowest BCUT2D eigenvalue weighted by Gasteiger charge is -2.37. The Morgan fingerprint density at radius 1 is 1.34 bits per heavy atom. The standard InChI is InChI=1S/C19H20FN5O4/c1-10-7-24(8-11(2)28-10)17-13(9-26)6-14-18(16(17)20)29-23-19(14)25-5-4-15(22-25)21-12(3)27/h4-6,9-11H,7-8H2,1-3H3,(H,21,22,27). The van der Waals surface area contributed by atoms with Crippen LogP contribution in [0.3, 0.4) is 0 Å². The Morgan fingerprint density at radius 2 is 2.07 bits per heavy atom. The Kier molecular flexibility index (Phi) is 4.79. The van der Waals surface area contributed by atoms with Crippen molar-refractivity contribution < 1.29 is 23.2 Å². The molecule has 4 rings (SSSR count). The summed E-state index contributed by atoms with van der Waals surface area (Å²) in [6.07, 6.45) is 1.97. The van der Waals surface area contributed by atoms with Crippen LogP contribution in [0.5, 0.6) is 0 Å². The molecule has 1 aliphatic heterocycles. The van der Waals surface area contributed by atoms with Crippen molar-refractivity contribution in [2.45, 2.75) is 33.0 Å². The number of halogens is 1. The number of carbonyl (C=O) groups excluding carboxylic acids is 2. The second-order valence-corrected chi connectivity index (χ2v) is 7.12. The summed E-state index contributed by atoms with van der Waals surface area (Å²) in [7, 11) is 0. The first kappa shape index (κ1) is 19.1. The lowest BCUT2D eigenvalue weighted by atomic mass is 10.1. The number of aldehydes is 1. The summed E-state index contributed by atoms with van der Waals surface area (Å²) in [5.74, 6) is -0.390. The number of rotatable bonds is 4. The van der Waals surface area contributed by atoms with E-state index in [0.717, 1.165) is 0 Å². The molecule has 2 aromatic heterocycles. The quantitative estimate of drug-likeness (QED) is 0.670. The average molecular weight is 401 g/mol. The summed E-state index contributed by atoms with van der Waals surface area (Å²) >= 11 is 0. The van der Waals surface area contributed by atoms with Gasteiger partial charge in [-0.25, -0.2) is 9.07 Å². The van der Waals surface area contributed by atoms with Crippen LogP contribution in [0.4, 0.5) is 15.9 Å². The van der Waals surface area contributed by atoms with Gasteiger partial charge in [0.15, 0.2) is 17.9 Å². The number of amides is 1. The van der Waals surface area contributed by atoms with Crippen LogP contribution in [-0.4, -0.2) is 52.4 Å². The molecule has 2 unspecified atom stereocenters. The molecule has 3 aromatic rings. The number of nitrogens with one attached hydrogen (secondary N) is 1. The number of hydrogen-bond donors (Lipinski definition) is 1. The molecule has 0 bridgehead atoms. The normalized spacial score (nSPS) is 19.5. The maximum Gasteiger partial charge on any atom is 0.222 e. The van der Waals surface area contributed by atoms with Gasteiger partial charge in [0.05, 0.1) is 23.3 Å². The summed E-state index contributed by atoms with van der Waals surface area (Å²) in [4.78, 5) is 24.8. The van der Waals surface area contributed by atoms with Gasteiger partial charge in [0, 0.05) is 37.8 Å². The lowest BCUT2D eigenvalue weighted by Crippen LogP contribution is -2.46. The summed E-state index contributed by atoms with van der Waals surface area (Å²) in [6, 6.07) is 3.11. The van der Waals surface area contributed by atoms with Crippen LogP contribution < -0.4 is 10.2 Å². The summed E-state index contributed by atoms with van der Waals surface area (Å²) in [5, 5.41) is 11.0. The van der Waals surface area contributed by atoms with Gasteiger partial charge in [-0.3, -0.25) is 9.59 Å². The molecule has 1 aromatic carbocycles. The van der Waals surface area contributed by atoms with Crippen molar-refractivity contribution in [3.63, 3.8) is 0 Å². The van der Waals surface area contributed by atoms with E-state index in [1.54, 1.807) is 17.2 Å². The summed E-state index contributed by atoms with van der Waals surface area (Å²) < 4.78 is 27.7. The van der Waals surface area contributed by atoms with Gasteiger partial charge in [0.1, 0.15) is 0 Å². The van der Waals surface area contributed by atoms with Gasteiger partial charge in [-0.15, -0.1) is 5.10 Å². The predicted molar refractivity (Wildman–Crippen MR) is 103 cm³/mol. The van der Waals surface area contributed by atoms with E-state index in [9.17, 15) is 9.59 Å². The minimum absolute atomic E-state index is 0.0658. The molecule has 2 atom stereocenters. The minimum Gasteiger partial charge on any atom is -0.372 e. The molecule has 0 saturated carbocycles. The highest BCUT2D eigenvalue weighted by Crippen LogP contribution is 2.35. The van der Waals surface area contributed by atoms with Crippen molar-refractivity contribution in [3.8, 4) is 5.82 Å². The number of hydrogen-bond acceptors (Lipinski definition) is 7. The van der Waals surface area contributed by atoms with Gasteiger partial charge < -0.3 is 19.5 Å². The van der Waals surface area contributed by atoms with E-state index in [0.29, 0.717) is 30.6 Å². The lowest BCUT2D eigenvalue weighted by molar-refractivity contribution is -0.114. The number of ether oxygens (including phenoxy) is 1. The van der Waals surface area contributed by atoms with E-state index in [1.807, 2.05) is 13.8 Å². The van der Waals surface area contributed by atoms with Crippen molar-refractivity contribution in [2.75, 3.05) is 23.3 Å². The second kappa shape index (κ2) is 7.28. The predicted octanol–water partition coefficient (Wildman–Crippen LogP) is 2.54. The van der Waals surface area contributed by atoms with Crippen LogP contribution in [-0.2, 0) is 9.53 Å². The summed E-state index contributed by atoms with van der Waals surface area (Å²) in [5.41, 5.74) is 0.301. The first-order valence-corrected chi connectivity index (χ1v) is 9.18. The molecule has 0 spiro atoms. The molecule has 0 radical (unpaired) electrons. The number of aromatic nitrogens is 3. The largest absolute Gasteiger partial charge is 0.372 e. The SMILES string of the molecule is CC(=O)Nc1ccn(-c2noc3c(F)c(N4CC(C)OC(C)C4)c(C=O)cc23)n1. The van der Waals surface area contributed by atoms with Crippen LogP contribution in [0.15, 0.2) is 22.9 Å². The van der Waals surface area contributed by atoms with Gasteiger partial charge in [0.25, 0.3) is 0 Å². The highest BCUT2D eigenvalue weighted by molar-refractivity contribution is 5.97. The molecule has 29 heavy (non-hydrogen) atoms. The van der Waals surface area contributed by atoms with E-state index in [1.165, 1.54) is 17.7 Å². The zero-order valence-corrected chi connectivity index (χ0v) is 16.2. The Labute approximate surface area is 165 Å².